The molecule has 0 aliphatic heterocycles. The van der Waals surface area contributed by atoms with E-state index >= 15 is 0 Å². The van der Waals surface area contributed by atoms with E-state index in [0.717, 1.165) is 6.92 Å². The largest absolute Gasteiger partial charge is 0.481 e. The van der Waals surface area contributed by atoms with Crippen molar-refractivity contribution in [2.45, 2.75) is 12.8 Å². The average molecular weight is 194 g/mol. The highest BCUT2D eigenvalue weighted by Gasteiger charge is 2.74. The lowest BCUT2D eigenvalue weighted by atomic mass is 10.1. The molecule has 1 rings (SSSR count). The van der Waals surface area contributed by atoms with Crippen molar-refractivity contribution >= 4 is 11.9 Å². The van der Waals surface area contributed by atoms with Gasteiger partial charge < -0.3 is 10.2 Å². The summed E-state index contributed by atoms with van der Waals surface area (Å²) in [5.41, 5.74) is 0. The first-order chi connectivity index (χ1) is 5.80. The molecule has 0 saturated heterocycles. The van der Waals surface area contributed by atoms with Crippen molar-refractivity contribution in [1.29, 1.82) is 0 Å². The lowest BCUT2D eigenvalue weighted by Gasteiger charge is -2.01. The van der Waals surface area contributed by atoms with Gasteiger partial charge in [0.15, 0.2) is 0 Å². The number of carbonyl (C=O) groups is 2. The highest BCUT2D eigenvalue weighted by atomic mass is 19.3. The first kappa shape index (κ1) is 9.88. The molecule has 0 spiro atoms. The number of hydrogen-bond donors (Lipinski definition) is 2. The molecule has 0 heterocycles. The summed E-state index contributed by atoms with van der Waals surface area (Å²) < 4.78 is 25.4. The maximum Gasteiger partial charge on any atom is 0.313 e. The average Bonchev–Trinajstić information content (AvgIpc) is 2.51. The number of carboxylic acids is 2. The van der Waals surface area contributed by atoms with Gasteiger partial charge in [-0.1, -0.05) is 6.92 Å². The fourth-order valence-electron chi connectivity index (χ4n) is 1.44. The van der Waals surface area contributed by atoms with Crippen molar-refractivity contribution in [1.82, 2.24) is 0 Å². The second kappa shape index (κ2) is 2.65. The Kier molecular flexibility index (Phi) is 2.01. The molecule has 1 fully saturated rings. The van der Waals surface area contributed by atoms with Crippen LogP contribution in [0.15, 0.2) is 0 Å². The van der Waals surface area contributed by atoms with Gasteiger partial charge in [0, 0.05) is 0 Å². The Morgan fingerprint density at radius 2 is 1.85 bits per heavy atom. The smallest absolute Gasteiger partial charge is 0.313 e. The summed E-state index contributed by atoms with van der Waals surface area (Å²) in [6, 6.07) is 0. The van der Waals surface area contributed by atoms with Crippen LogP contribution in [0.4, 0.5) is 8.78 Å². The molecule has 3 atom stereocenters. The summed E-state index contributed by atoms with van der Waals surface area (Å²) in [5.74, 6) is -11.1. The molecular formula is C7H8F2O4. The Labute approximate surface area is 72.2 Å². The zero-order chi connectivity index (χ0) is 10.4. The number of carboxylic acid groups (broad SMARTS) is 2. The van der Waals surface area contributed by atoms with Crippen LogP contribution in [0.2, 0.25) is 0 Å². The van der Waals surface area contributed by atoms with Crippen LogP contribution in [-0.2, 0) is 9.59 Å². The predicted octanol–water partition coefficient (Wildman–Crippen LogP) is 0.673. The number of aliphatic carboxylic acids is 2. The van der Waals surface area contributed by atoms with E-state index in [1.54, 1.807) is 0 Å². The van der Waals surface area contributed by atoms with E-state index in [2.05, 4.69) is 0 Å². The van der Waals surface area contributed by atoms with Crippen LogP contribution in [0.5, 0.6) is 0 Å². The zero-order valence-corrected chi connectivity index (χ0v) is 6.70. The molecule has 2 N–H and O–H groups in total. The minimum Gasteiger partial charge on any atom is -0.481 e. The first-order valence-electron chi connectivity index (χ1n) is 3.63. The highest BCUT2D eigenvalue weighted by Crippen LogP contribution is 2.58. The third-order valence-corrected chi connectivity index (χ3v) is 2.30. The van der Waals surface area contributed by atoms with Crippen molar-refractivity contribution in [2.75, 3.05) is 0 Å². The van der Waals surface area contributed by atoms with Crippen LogP contribution in [0.25, 0.3) is 0 Å². The molecule has 74 valence electrons. The number of halogens is 2. The van der Waals surface area contributed by atoms with E-state index in [-0.39, 0.29) is 0 Å². The normalized spacial score (nSPS) is 32.2. The van der Waals surface area contributed by atoms with Gasteiger partial charge in [-0.25, -0.2) is 8.78 Å². The van der Waals surface area contributed by atoms with Gasteiger partial charge in [0.1, 0.15) is 5.92 Å². The van der Waals surface area contributed by atoms with Gasteiger partial charge in [0.2, 0.25) is 0 Å². The van der Waals surface area contributed by atoms with Crippen LogP contribution >= 0.6 is 0 Å². The summed E-state index contributed by atoms with van der Waals surface area (Å²) in [6.07, 6.45) is 0. The first-order valence-corrected chi connectivity index (χ1v) is 3.63. The second-order valence-electron chi connectivity index (χ2n) is 3.14. The minimum absolute atomic E-state index is 1.09. The van der Waals surface area contributed by atoms with E-state index < -0.39 is 35.6 Å². The van der Waals surface area contributed by atoms with Gasteiger partial charge in [-0.05, 0) is 0 Å². The molecule has 1 aliphatic rings. The van der Waals surface area contributed by atoms with Crippen molar-refractivity contribution in [3.8, 4) is 0 Å². The van der Waals surface area contributed by atoms with E-state index in [1.165, 1.54) is 0 Å². The number of hydrogen-bond acceptors (Lipinski definition) is 2. The van der Waals surface area contributed by atoms with Crippen molar-refractivity contribution in [3.63, 3.8) is 0 Å². The van der Waals surface area contributed by atoms with Crippen LogP contribution in [-0.4, -0.2) is 28.1 Å². The second-order valence-corrected chi connectivity index (χ2v) is 3.14. The quantitative estimate of drug-likeness (QED) is 0.692. The molecule has 0 unspecified atom stereocenters. The van der Waals surface area contributed by atoms with Gasteiger partial charge in [-0.2, -0.15) is 0 Å². The number of alkyl halides is 2. The molecule has 1 aliphatic carbocycles. The van der Waals surface area contributed by atoms with Crippen LogP contribution in [0, 0.1) is 17.8 Å². The topological polar surface area (TPSA) is 74.6 Å². The Bertz CT molecular complexity index is 263. The summed E-state index contributed by atoms with van der Waals surface area (Å²) >= 11 is 0. The minimum atomic E-state index is -3.37. The third-order valence-electron chi connectivity index (χ3n) is 2.30. The molecule has 0 aromatic rings. The predicted molar refractivity (Wildman–Crippen MR) is 36.4 cm³/mol. The lowest BCUT2D eigenvalue weighted by molar-refractivity contribution is -0.142. The summed E-state index contributed by atoms with van der Waals surface area (Å²) in [5, 5.41) is 16.7. The van der Waals surface area contributed by atoms with E-state index in [1.807, 2.05) is 0 Å². The Hall–Kier alpha value is -1.20. The molecule has 0 radical (unpaired) electrons. The van der Waals surface area contributed by atoms with Crippen molar-refractivity contribution < 1.29 is 28.6 Å². The standard InChI is InChI=1S/C7H8F2O4/c1-2(5(10)11)3-4(6(12)13)7(3,8)9/h2-4H,1H3,(H,10,11)(H,12,13)/t2-,3+,4-/m0/s1. The van der Waals surface area contributed by atoms with Gasteiger partial charge in [-0.15, -0.1) is 0 Å². The maximum atomic E-state index is 12.7. The summed E-state index contributed by atoms with van der Waals surface area (Å²) in [4.78, 5) is 20.6. The van der Waals surface area contributed by atoms with Crippen LogP contribution in [0.3, 0.4) is 0 Å². The molecular weight excluding hydrogens is 186 g/mol. The molecule has 0 amide bonds. The fraction of sp³-hybridized carbons (Fsp3) is 0.714. The van der Waals surface area contributed by atoms with Gasteiger partial charge in [0.25, 0.3) is 5.92 Å². The molecule has 0 bridgehead atoms. The van der Waals surface area contributed by atoms with Gasteiger partial charge in [-0.3, -0.25) is 9.59 Å². The van der Waals surface area contributed by atoms with Crippen LogP contribution in [0.1, 0.15) is 6.92 Å². The molecule has 6 heteroatoms. The fourth-order valence-corrected chi connectivity index (χ4v) is 1.44. The highest BCUT2D eigenvalue weighted by molar-refractivity contribution is 5.79. The Balaban J connectivity index is 2.76. The molecule has 13 heavy (non-hydrogen) atoms. The lowest BCUT2D eigenvalue weighted by Crippen LogP contribution is -2.15. The van der Waals surface area contributed by atoms with E-state index in [0.29, 0.717) is 0 Å². The van der Waals surface area contributed by atoms with Crippen LogP contribution < -0.4 is 0 Å². The molecule has 1 saturated carbocycles. The SMILES string of the molecule is C[C@H](C(=O)O)[C@@H]1[C@@H](C(=O)O)C1(F)F. The summed E-state index contributed by atoms with van der Waals surface area (Å²) in [6.45, 7) is 1.09. The van der Waals surface area contributed by atoms with Crippen molar-refractivity contribution in [2.24, 2.45) is 17.8 Å². The van der Waals surface area contributed by atoms with E-state index in [4.69, 9.17) is 10.2 Å². The molecule has 0 aromatic carbocycles. The van der Waals surface area contributed by atoms with Gasteiger partial charge in [0.05, 0.1) is 11.8 Å². The summed E-state index contributed by atoms with van der Waals surface area (Å²) in [7, 11) is 0. The molecule has 4 nitrogen and oxygen atoms in total. The van der Waals surface area contributed by atoms with Gasteiger partial charge >= 0.3 is 11.9 Å². The molecule has 0 aromatic heterocycles. The monoisotopic (exact) mass is 194 g/mol. The van der Waals surface area contributed by atoms with Crippen molar-refractivity contribution in [3.05, 3.63) is 0 Å². The third kappa shape index (κ3) is 1.36. The van der Waals surface area contributed by atoms with E-state index in [9.17, 15) is 18.4 Å². The number of rotatable bonds is 3. The Morgan fingerprint density at radius 3 is 2.08 bits per heavy atom. The Morgan fingerprint density at radius 1 is 1.38 bits per heavy atom. The zero-order valence-electron chi connectivity index (χ0n) is 6.70. The maximum absolute atomic E-state index is 12.7.